The summed E-state index contributed by atoms with van der Waals surface area (Å²) in [7, 11) is 2.36. The molecule has 5 nitrogen and oxygen atoms in total. The first-order valence-electron chi connectivity index (χ1n) is 9.84. The average molecular weight is 394 g/mol. The molecular formula is C22H27N4OP. The molecule has 0 bridgehead atoms. The van der Waals surface area contributed by atoms with Crippen molar-refractivity contribution in [3.05, 3.63) is 58.8 Å². The summed E-state index contributed by atoms with van der Waals surface area (Å²) in [6, 6.07) is 6.02. The van der Waals surface area contributed by atoms with Crippen molar-refractivity contribution >= 4 is 31.7 Å². The third-order valence-electron chi connectivity index (χ3n) is 5.80. The zero-order valence-corrected chi connectivity index (χ0v) is 17.4. The van der Waals surface area contributed by atoms with Crippen LogP contribution in [0.5, 0.6) is 0 Å². The maximum atomic E-state index is 13.0. The lowest BCUT2D eigenvalue weighted by atomic mass is 9.88. The number of nitrogens with zero attached hydrogens (tertiary/aromatic N) is 1. The molecule has 2 unspecified atom stereocenters. The van der Waals surface area contributed by atoms with Gasteiger partial charge in [-0.2, -0.15) is 0 Å². The van der Waals surface area contributed by atoms with Crippen LogP contribution in [0.3, 0.4) is 0 Å². The van der Waals surface area contributed by atoms with Crippen LogP contribution in [0.25, 0.3) is 5.31 Å². The molecule has 2 atom stereocenters. The van der Waals surface area contributed by atoms with Crippen LogP contribution in [0.1, 0.15) is 30.9 Å². The molecule has 0 saturated carbocycles. The Hall–Kier alpha value is -2.23. The van der Waals surface area contributed by atoms with Gasteiger partial charge in [-0.05, 0) is 72.9 Å². The molecule has 1 saturated heterocycles. The lowest BCUT2D eigenvalue weighted by Gasteiger charge is -2.38. The summed E-state index contributed by atoms with van der Waals surface area (Å²) in [5.41, 5.74) is 5.37. The van der Waals surface area contributed by atoms with Gasteiger partial charge in [0.15, 0.2) is 0 Å². The first-order valence-corrected chi connectivity index (χ1v) is 10.9. The maximum absolute atomic E-state index is 13.0. The Morgan fingerprint density at radius 2 is 2.07 bits per heavy atom. The van der Waals surface area contributed by atoms with Crippen molar-refractivity contribution in [2.75, 3.05) is 25.5 Å². The molecule has 1 aromatic rings. The summed E-state index contributed by atoms with van der Waals surface area (Å²) in [5.74, 6) is 0.722. The number of hydrogen-bond donors (Lipinski definition) is 3. The minimum Gasteiger partial charge on any atom is -0.388 e. The van der Waals surface area contributed by atoms with E-state index in [1.807, 2.05) is 30.1 Å². The van der Waals surface area contributed by atoms with E-state index in [0.29, 0.717) is 14.5 Å². The van der Waals surface area contributed by atoms with Crippen molar-refractivity contribution in [1.82, 2.24) is 10.2 Å². The summed E-state index contributed by atoms with van der Waals surface area (Å²) >= 11 is 0. The first-order chi connectivity index (χ1) is 13.6. The number of benzene rings is 1. The largest absolute Gasteiger partial charge is 0.388 e. The molecule has 3 heterocycles. The molecule has 1 aromatic carbocycles. The fourth-order valence-electron chi connectivity index (χ4n) is 4.22. The van der Waals surface area contributed by atoms with Crippen LogP contribution < -0.4 is 10.6 Å². The Morgan fingerprint density at radius 3 is 2.79 bits per heavy atom. The molecule has 3 aliphatic rings. The van der Waals surface area contributed by atoms with Gasteiger partial charge in [0.05, 0.1) is 5.78 Å². The summed E-state index contributed by atoms with van der Waals surface area (Å²) in [5, 5.41) is 15.3. The first kappa shape index (κ1) is 19.1. The smallest absolute Gasteiger partial charge is 0.252 e. The Kier molecular flexibility index (Phi) is 5.47. The van der Waals surface area contributed by atoms with Gasteiger partial charge in [-0.15, -0.1) is 0 Å². The van der Waals surface area contributed by atoms with E-state index >= 15 is 0 Å². The van der Waals surface area contributed by atoms with Crippen molar-refractivity contribution in [3.63, 3.8) is 0 Å². The zero-order chi connectivity index (χ0) is 19.7. The van der Waals surface area contributed by atoms with Crippen molar-refractivity contribution in [1.29, 1.82) is 5.41 Å². The van der Waals surface area contributed by atoms with E-state index in [4.69, 9.17) is 5.41 Å². The van der Waals surface area contributed by atoms with Crippen molar-refractivity contribution in [2.45, 2.75) is 25.5 Å². The summed E-state index contributed by atoms with van der Waals surface area (Å²) in [4.78, 5) is 14.9. The van der Waals surface area contributed by atoms with E-state index in [1.165, 1.54) is 17.4 Å². The van der Waals surface area contributed by atoms with E-state index in [1.54, 1.807) is 6.08 Å². The molecule has 0 spiro atoms. The maximum Gasteiger partial charge on any atom is 0.252 e. The lowest BCUT2D eigenvalue weighted by Crippen LogP contribution is -2.39. The monoisotopic (exact) mass is 394 g/mol. The highest BCUT2D eigenvalue weighted by Crippen LogP contribution is 2.48. The zero-order valence-electron chi connectivity index (χ0n) is 16.4. The predicted octanol–water partition coefficient (Wildman–Crippen LogP) is 3.76. The molecule has 1 fully saturated rings. The van der Waals surface area contributed by atoms with E-state index in [2.05, 4.69) is 29.8 Å². The third-order valence-corrected chi connectivity index (χ3v) is 7.56. The standard InChI is InChI=1S/C22H27N4OP/c1-14-9-18(15-5-7-25-8-6-15)13-26-21(27)11-20(28-22(14)26)16-3-4-19(24-2)17(10-16)12-23/h3-4,9-13,15,22-25,28H,5-8H2,1-2H3. The number of nitrogens with one attached hydrogen (secondary N) is 3. The van der Waals surface area contributed by atoms with E-state index < -0.39 is 0 Å². The van der Waals surface area contributed by atoms with Crippen LogP contribution in [0.15, 0.2) is 47.7 Å². The molecule has 4 rings (SSSR count). The topological polar surface area (TPSA) is 68.2 Å². The van der Waals surface area contributed by atoms with E-state index in [-0.39, 0.29) is 11.7 Å². The van der Waals surface area contributed by atoms with Crippen LogP contribution in [-0.2, 0) is 4.79 Å². The number of rotatable bonds is 4. The van der Waals surface area contributed by atoms with Gasteiger partial charge in [-0.25, -0.2) is 0 Å². The Balaban J connectivity index is 1.63. The molecule has 0 radical (unpaired) electrons. The highest BCUT2D eigenvalue weighted by molar-refractivity contribution is 7.51. The van der Waals surface area contributed by atoms with Gasteiger partial charge in [-0.3, -0.25) is 4.79 Å². The molecular weight excluding hydrogens is 367 g/mol. The lowest BCUT2D eigenvalue weighted by molar-refractivity contribution is -0.123. The molecule has 0 aromatic heterocycles. The molecule has 3 aliphatic heterocycles. The number of carbonyl (C=O) groups excluding carboxylic acids is 1. The summed E-state index contributed by atoms with van der Waals surface area (Å²) in [6.07, 6.45) is 9.82. The Labute approximate surface area is 168 Å². The van der Waals surface area contributed by atoms with E-state index in [9.17, 15) is 4.79 Å². The highest BCUT2D eigenvalue weighted by atomic mass is 31.1. The fraction of sp³-hybridized carbons (Fsp3) is 0.364. The number of amides is 1. The van der Waals surface area contributed by atoms with Crippen LogP contribution in [0.4, 0.5) is 5.69 Å². The third kappa shape index (κ3) is 3.57. The number of hydrogen-bond acceptors (Lipinski definition) is 4. The van der Waals surface area contributed by atoms with E-state index in [0.717, 1.165) is 48.1 Å². The van der Waals surface area contributed by atoms with Gasteiger partial charge in [0.2, 0.25) is 0 Å². The second kappa shape index (κ2) is 8.02. The molecule has 0 aliphatic carbocycles. The van der Waals surface area contributed by atoms with Crippen LogP contribution in [0, 0.1) is 11.3 Å². The van der Waals surface area contributed by atoms with Crippen LogP contribution in [-0.4, -0.2) is 42.9 Å². The molecule has 3 N–H and O–H groups in total. The predicted molar refractivity (Wildman–Crippen MR) is 118 cm³/mol. The minimum absolute atomic E-state index is 0.0618. The quantitative estimate of drug-likeness (QED) is 0.538. The Morgan fingerprint density at radius 1 is 1.29 bits per heavy atom. The van der Waals surface area contributed by atoms with Crippen LogP contribution >= 0.6 is 8.58 Å². The number of piperidine rings is 1. The summed E-state index contributed by atoms with van der Waals surface area (Å²) < 4.78 is 0. The molecule has 1 amide bonds. The highest BCUT2D eigenvalue weighted by Gasteiger charge is 2.33. The number of allylic oxidation sites excluding steroid dienone is 2. The summed E-state index contributed by atoms with van der Waals surface area (Å²) in [6.45, 7) is 4.26. The molecule has 6 heteroatoms. The van der Waals surface area contributed by atoms with Crippen LogP contribution in [0.2, 0.25) is 0 Å². The van der Waals surface area contributed by atoms with Gasteiger partial charge in [0, 0.05) is 36.8 Å². The second-order valence-corrected chi connectivity index (χ2v) is 8.96. The van der Waals surface area contributed by atoms with Crippen molar-refractivity contribution < 1.29 is 4.79 Å². The molecule has 146 valence electrons. The van der Waals surface area contributed by atoms with Gasteiger partial charge < -0.3 is 20.9 Å². The van der Waals surface area contributed by atoms with Crippen molar-refractivity contribution in [3.8, 4) is 0 Å². The van der Waals surface area contributed by atoms with Crippen molar-refractivity contribution in [2.24, 2.45) is 5.92 Å². The SMILES string of the molecule is CNc1ccc(C2=CC(=O)N3C=C(C4CCNCC4)C=C(C)C3P2)cc1C=N. The van der Waals surface area contributed by atoms with Gasteiger partial charge >= 0.3 is 0 Å². The van der Waals surface area contributed by atoms with Gasteiger partial charge in [0.25, 0.3) is 5.91 Å². The van der Waals surface area contributed by atoms with Gasteiger partial charge in [0.1, 0.15) is 0 Å². The fourth-order valence-corrected chi connectivity index (χ4v) is 5.69. The number of carbonyl (C=O) groups is 1. The normalized spacial score (nSPS) is 23.6. The second-order valence-electron chi connectivity index (χ2n) is 7.59. The molecule has 28 heavy (non-hydrogen) atoms. The number of anilines is 1. The minimum atomic E-state index is 0.0618. The number of fused-ring (bicyclic) bond motifs is 1. The van der Waals surface area contributed by atoms with Gasteiger partial charge in [-0.1, -0.05) is 20.7 Å². The average Bonchev–Trinajstić information content (AvgIpc) is 2.74. The Bertz CT molecular complexity index is 896.